The lowest BCUT2D eigenvalue weighted by Gasteiger charge is -2.28. The Morgan fingerprint density at radius 2 is 1.68 bits per heavy atom. The van der Waals surface area contributed by atoms with E-state index >= 15 is 0 Å². The molecule has 0 bridgehead atoms. The highest BCUT2D eigenvalue weighted by molar-refractivity contribution is 6.05. The maximum atomic E-state index is 13.6. The molecule has 1 amide bonds. The molecule has 6 heteroatoms. The highest BCUT2D eigenvalue weighted by Crippen LogP contribution is 2.29. The minimum atomic E-state index is -0.270. The third-order valence-corrected chi connectivity index (χ3v) is 7.11. The van der Waals surface area contributed by atoms with Crippen LogP contribution >= 0.6 is 0 Å². The van der Waals surface area contributed by atoms with Crippen LogP contribution < -0.4 is 5.32 Å². The van der Waals surface area contributed by atoms with Crippen LogP contribution in [0.15, 0.2) is 78.9 Å². The lowest BCUT2D eigenvalue weighted by atomic mass is 9.87. The summed E-state index contributed by atoms with van der Waals surface area (Å²) < 4.78 is 1.93. The first kappa shape index (κ1) is 25.6. The Labute approximate surface area is 224 Å². The van der Waals surface area contributed by atoms with Gasteiger partial charge in [0.1, 0.15) is 0 Å². The molecule has 6 nitrogen and oxygen atoms in total. The van der Waals surface area contributed by atoms with E-state index in [0.717, 1.165) is 36.5 Å². The number of nitrogens with zero attached hydrogens (tertiary/aromatic N) is 3. The van der Waals surface area contributed by atoms with Crippen molar-refractivity contribution in [3.8, 4) is 5.69 Å². The molecule has 1 N–H and O–H groups in total. The van der Waals surface area contributed by atoms with Crippen molar-refractivity contribution in [3.05, 3.63) is 113 Å². The van der Waals surface area contributed by atoms with Gasteiger partial charge in [-0.3, -0.25) is 14.5 Å². The van der Waals surface area contributed by atoms with Gasteiger partial charge < -0.3 is 5.32 Å². The Kier molecular flexibility index (Phi) is 7.00. The standard InChI is InChI=1S/C32H34N4O2/c1-22(37)24-11-8-12-26(19-24)33-31(38)30-28-21-35(20-23-9-6-5-7-10-23)18-17-29(28)36(34-30)27-15-13-25(14-16-27)32(2,3)4/h5-16,19H,17-18,20-21H2,1-4H3,(H,33,38). The van der Waals surface area contributed by atoms with E-state index in [1.54, 1.807) is 24.3 Å². The molecule has 194 valence electrons. The summed E-state index contributed by atoms with van der Waals surface area (Å²) in [4.78, 5) is 27.8. The Morgan fingerprint density at radius 3 is 2.37 bits per heavy atom. The minimum Gasteiger partial charge on any atom is -0.321 e. The number of hydrogen-bond donors (Lipinski definition) is 1. The smallest absolute Gasteiger partial charge is 0.276 e. The fraction of sp³-hybridized carbons (Fsp3) is 0.281. The number of aromatic nitrogens is 2. The van der Waals surface area contributed by atoms with Gasteiger partial charge in [0, 0.05) is 42.9 Å². The topological polar surface area (TPSA) is 67.2 Å². The van der Waals surface area contributed by atoms with Gasteiger partial charge in [-0.15, -0.1) is 0 Å². The molecule has 0 aliphatic carbocycles. The highest BCUT2D eigenvalue weighted by atomic mass is 16.2. The highest BCUT2D eigenvalue weighted by Gasteiger charge is 2.29. The number of ketones is 1. The van der Waals surface area contributed by atoms with E-state index < -0.39 is 0 Å². The Bertz CT molecular complexity index is 1460. The van der Waals surface area contributed by atoms with Gasteiger partial charge in [-0.1, -0.05) is 75.4 Å². The second-order valence-corrected chi connectivity index (χ2v) is 11.0. The number of Topliss-reactive ketones (excluding diaryl/α,β-unsaturated/α-hetero) is 1. The van der Waals surface area contributed by atoms with Crippen molar-refractivity contribution in [2.75, 3.05) is 11.9 Å². The molecule has 4 aromatic rings. The van der Waals surface area contributed by atoms with Gasteiger partial charge in [0.2, 0.25) is 0 Å². The number of rotatable bonds is 6. The molecule has 1 aromatic heterocycles. The van der Waals surface area contributed by atoms with E-state index in [9.17, 15) is 9.59 Å². The van der Waals surface area contributed by atoms with Crippen molar-refractivity contribution < 1.29 is 9.59 Å². The Hall–Kier alpha value is -4.03. The predicted molar refractivity (Wildman–Crippen MR) is 151 cm³/mol. The van der Waals surface area contributed by atoms with Crippen LogP contribution in [0.3, 0.4) is 0 Å². The third-order valence-electron chi connectivity index (χ3n) is 7.11. The van der Waals surface area contributed by atoms with E-state index in [1.807, 2.05) is 10.7 Å². The zero-order valence-corrected chi connectivity index (χ0v) is 22.5. The van der Waals surface area contributed by atoms with Crippen LogP contribution in [0.2, 0.25) is 0 Å². The molecule has 5 rings (SSSR count). The second-order valence-electron chi connectivity index (χ2n) is 11.0. The Balaban J connectivity index is 1.49. The van der Waals surface area contributed by atoms with Crippen LogP contribution in [0, 0.1) is 0 Å². The zero-order valence-electron chi connectivity index (χ0n) is 22.5. The van der Waals surface area contributed by atoms with Gasteiger partial charge in [-0.2, -0.15) is 5.10 Å². The number of benzene rings is 3. The number of carbonyl (C=O) groups excluding carboxylic acids is 2. The molecule has 0 spiro atoms. The maximum absolute atomic E-state index is 13.6. The molecule has 1 aliphatic heterocycles. The molecule has 0 fully saturated rings. The quantitative estimate of drug-likeness (QED) is 0.317. The molecule has 2 heterocycles. The van der Waals surface area contributed by atoms with Crippen LogP contribution in [-0.4, -0.2) is 32.9 Å². The van der Waals surface area contributed by atoms with Gasteiger partial charge in [0.25, 0.3) is 5.91 Å². The van der Waals surface area contributed by atoms with E-state index in [0.29, 0.717) is 23.5 Å². The van der Waals surface area contributed by atoms with Crippen molar-refractivity contribution in [1.29, 1.82) is 0 Å². The number of hydrogen-bond acceptors (Lipinski definition) is 4. The Morgan fingerprint density at radius 1 is 0.947 bits per heavy atom. The van der Waals surface area contributed by atoms with Crippen molar-refractivity contribution >= 4 is 17.4 Å². The molecule has 1 aliphatic rings. The van der Waals surface area contributed by atoms with Crippen molar-refractivity contribution in [1.82, 2.24) is 14.7 Å². The molecule has 0 unspecified atom stereocenters. The van der Waals surface area contributed by atoms with Crippen LogP contribution in [0.4, 0.5) is 5.69 Å². The van der Waals surface area contributed by atoms with Crippen LogP contribution in [0.1, 0.15) is 70.9 Å². The van der Waals surface area contributed by atoms with E-state index in [-0.39, 0.29) is 17.1 Å². The first-order valence-electron chi connectivity index (χ1n) is 13.1. The van der Waals surface area contributed by atoms with Gasteiger partial charge in [0.05, 0.1) is 11.4 Å². The zero-order chi connectivity index (χ0) is 26.9. The van der Waals surface area contributed by atoms with Crippen molar-refractivity contribution in [2.24, 2.45) is 0 Å². The van der Waals surface area contributed by atoms with Gasteiger partial charge in [0.15, 0.2) is 11.5 Å². The fourth-order valence-electron chi connectivity index (χ4n) is 4.96. The molecule has 0 saturated carbocycles. The largest absolute Gasteiger partial charge is 0.321 e. The first-order chi connectivity index (χ1) is 18.2. The van der Waals surface area contributed by atoms with E-state index in [1.165, 1.54) is 18.1 Å². The van der Waals surface area contributed by atoms with E-state index in [4.69, 9.17) is 5.10 Å². The summed E-state index contributed by atoms with van der Waals surface area (Å²) in [6.07, 6.45) is 0.795. The van der Waals surface area contributed by atoms with Gasteiger partial charge in [-0.05, 0) is 47.7 Å². The minimum absolute atomic E-state index is 0.0435. The molecule has 0 radical (unpaired) electrons. The van der Waals surface area contributed by atoms with E-state index in [2.05, 4.69) is 79.5 Å². The monoisotopic (exact) mass is 506 g/mol. The number of anilines is 1. The molecule has 0 atom stereocenters. The summed E-state index contributed by atoms with van der Waals surface area (Å²) in [6, 6.07) is 25.9. The summed E-state index contributed by atoms with van der Waals surface area (Å²) in [5, 5.41) is 7.84. The third kappa shape index (κ3) is 5.46. The van der Waals surface area contributed by atoms with Crippen LogP contribution in [0.5, 0.6) is 0 Å². The first-order valence-corrected chi connectivity index (χ1v) is 13.1. The average Bonchev–Trinajstić information content (AvgIpc) is 3.28. The normalized spacial score (nSPS) is 13.7. The number of fused-ring (bicyclic) bond motifs is 1. The summed E-state index contributed by atoms with van der Waals surface area (Å²) in [5.74, 6) is -0.313. The molecular weight excluding hydrogens is 472 g/mol. The summed E-state index contributed by atoms with van der Waals surface area (Å²) in [7, 11) is 0. The summed E-state index contributed by atoms with van der Waals surface area (Å²) in [5.41, 5.74) is 7.08. The molecular formula is C32H34N4O2. The summed E-state index contributed by atoms with van der Waals surface area (Å²) >= 11 is 0. The SMILES string of the molecule is CC(=O)c1cccc(NC(=O)c2nn(-c3ccc(C(C)(C)C)cc3)c3c2CN(Cc2ccccc2)CC3)c1. The van der Waals surface area contributed by atoms with Gasteiger partial charge >= 0.3 is 0 Å². The van der Waals surface area contributed by atoms with Crippen molar-refractivity contribution in [3.63, 3.8) is 0 Å². The lowest BCUT2D eigenvalue weighted by molar-refractivity contribution is 0.100. The predicted octanol–water partition coefficient (Wildman–Crippen LogP) is 6.18. The average molecular weight is 507 g/mol. The second kappa shape index (κ2) is 10.4. The fourth-order valence-corrected chi connectivity index (χ4v) is 4.96. The van der Waals surface area contributed by atoms with Crippen LogP contribution in [-0.2, 0) is 24.9 Å². The molecule has 38 heavy (non-hydrogen) atoms. The molecule has 0 saturated heterocycles. The van der Waals surface area contributed by atoms with Crippen molar-refractivity contribution in [2.45, 2.75) is 52.6 Å². The maximum Gasteiger partial charge on any atom is 0.276 e. The number of carbonyl (C=O) groups is 2. The number of nitrogens with one attached hydrogen (secondary N) is 1. The molecule has 3 aromatic carbocycles. The van der Waals surface area contributed by atoms with Gasteiger partial charge in [-0.25, -0.2) is 4.68 Å². The lowest BCUT2D eigenvalue weighted by Crippen LogP contribution is -2.31. The van der Waals surface area contributed by atoms with Crippen LogP contribution in [0.25, 0.3) is 5.69 Å². The number of amides is 1. The summed E-state index contributed by atoms with van der Waals surface area (Å²) in [6.45, 7) is 10.4.